The number of aromatic amines is 2. The Labute approximate surface area is 163 Å². The second-order valence-electron chi connectivity index (χ2n) is 6.52. The molecule has 0 saturated carbocycles. The average molecular weight is 396 g/mol. The summed E-state index contributed by atoms with van der Waals surface area (Å²) in [6, 6.07) is 9.11. The summed E-state index contributed by atoms with van der Waals surface area (Å²) < 4.78 is 19.7. The Morgan fingerprint density at radius 2 is 2.07 bits per heavy atom. The molecule has 4 rings (SSSR count). The van der Waals surface area contributed by atoms with Crippen LogP contribution >= 0.6 is 0 Å². The second kappa shape index (κ2) is 6.93. The summed E-state index contributed by atoms with van der Waals surface area (Å²) in [5, 5.41) is 9.25. The van der Waals surface area contributed by atoms with Gasteiger partial charge in [0.25, 0.3) is 5.56 Å². The summed E-state index contributed by atoms with van der Waals surface area (Å²) in [7, 11) is 0. The number of pyridine rings is 1. The zero-order chi connectivity index (χ0) is 20.7. The van der Waals surface area contributed by atoms with Gasteiger partial charge < -0.3 is 25.5 Å². The first-order valence-electron chi connectivity index (χ1n) is 8.88. The molecule has 0 bridgehead atoms. The number of halogens is 1. The summed E-state index contributed by atoms with van der Waals surface area (Å²) >= 11 is 0. The number of nitrogens with one attached hydrogen (secondary N) is 2. The molecule has 9 heteroatoms. The van der Waals surface area contributed by atoms with Crippen LogP contribution in [0.3, 0.4) is 0 Å². The van der Waals surface area contributed by atoms with Gasteiger partial charge in [-0.05, 0) is 30.7 Å². The summed E-state index contributed by atoms with van der Waals surface area (Å²) in [6.07, 6.45) is -0.673. The monoisotopic (exact) mass is 396 g/mol. The number of anilines is 1. The number of hydrogen-bond donors (Lipinski definition) is 4. The molecule has 5 N–H and O–H groups in total. The molecule has 0 saturated heterocycles. The number of benzene rings is 2. The Morgan fingerprint density at radius 1 is 1.28 bits per heavy atom. The maximum absolute atomic E-state index is 14.3. The minimum absolute atomic E-state index is 0.0192. The molecule has 4 aromatic rings. The third-order valence-corrected chi connectivity index (χ3v) is 4.64. The maximum atomic E-state index is 14.3. The van der Waals surface area contributed by atoms with E-state index in [9.17, 15) is 14.0 Å². The highest BCUT2D eigenvalue weighted by Crippen LogP contribution is 2.30. The largest absolute Gasteiger partial charge is 0.479 e. The van der Waals surface area contributed by atoms with E-state index in [2.05, 4.69) is 15.0 Å². The van der Waals surface area contributed by atoms with Crippen LogP contribution in [-0.4, -0.2) is 32.1 Å². The van der Waals surface area contributed by atoms with E-state index in [1.54, 1.807) is 31.2 Å². The number of fused-ring (bicyclic) bond motifs is 2. The number of carboxylic acids is 1. The highest BCUT2D eigenvalue weighted by atomic mass is 19.1. The summed E-state index contributed by atoms with van der Waals surface area (Å²) in [4.78, 5) is 33.7. The predicted octanol–water partition coefficient (Wildman–Crippen LogP) is 3.03. The number of aliphatic carboxylic acids is 1. The molecule has 0 fully saturated rings. The molecule has 0 aliphatic carbocycles. The van der Waals surface area contributed by atoms with E-state index in [0.29, 0.717) is 28.7 Å². The van der Waals surface area contributed by atoms with E-state index in [0.717, 1.165) is 0 Å². The van der Waals surface area contributed by atoms with E-state index < -0.39 is 23.4 Å². The van der Waals surface area contributed by atoms with Crippen molar-refractivity contribution in [2.45, 2.75) is 19.4 Å². The zero-order valence-electron chi connectivity index (χ0n) is 15.3. The first-order valence-corrected chi connectivity index (χ1v) is 8.88. The van der Waals surface area contributed by atoms with Crippen LogP contribution in [0.4, 0.5) is 10.1 Å². The van der Waals surface area contributed by atoms with Gasteiger partial charge >= 0.3 is 5.97 Å². The number of ether oxygens (including phenoxy) is 1. The van der Waals surface area contributed by atoms with E-state index >= 15 is 0 Å². The Kier molecular flexibility index (Phi) is 4.42. The number of rotatable bonds is 5. The molecule has 29 heavy (non-hydrogen) atoms. The summed E-state index contributed by atoms with van der Waals surface area (Å²) in [5.74, 6) is -1.10. The number of hydrogen-bond acceptors (Lipinski definition) is 5. The van der Waals surface area contributed by atoms with Gasteiger partial charge in [-0.15, -0.1) is 0 Å². The molecule has 148 valence electrons. The molecule has 0 aliphatic heterocycles. The predicted molar refractivity (Wildman–Crippen MR) is 106 cm³/mol. The fourth-order valence-corrected chi connectivity index (χ4v) is 3.22. The van der Waals surface area contributed by atoms with Crippen LogP contribution in [0.1, 0.15) is 13.3 Å². The van der Waals surface area contributed by atoms with Crippen molar-refractivity contribution < 1.29 is 19.0 Å². The number of carboxylic acid groups (broad SMARTS) is 1. The average Bonchev–Trinajstić information content (AvgIpc) is 3.08. The zero-order valence-corrected chi connectivity index (χ0v) is 15.3. The summed E-state index contributed by atoms with van der Waals surface area (Å²) in [6.45, 7) is 1.71. The van der Waals surface area contributed by atoms with E-state index in [1.807, 2.05) is 0 Å². The fourth-order valence-electron chi connectivity index (χ4n) is 3.22. The number of nitrogen functional groups attached to an aromatic ring is 1. The van der Waals surface area contributed by atoms with Crippen molar-refractivity contribution in [1.82, 2.24) is 15.0 Å². The Morgan fingerprint density at radius 3 is 2.79 bits per heavy atom. The number of carbonyl (C=O) groups is 1. The molecule has 2 aromatic heterocycles. The van der Waals surface area contributed by atoms with Gasteiger partial charge in [0.15, 0.2) is 6.10 Å². The van der Waals surface area contributed by atoms with Gasteiger partial charge in [0, 0.05) is 6.07 Å². The van der Waals surface area contributed by atoms with Crippen LogP contribution in [0.25, 0.3) is 33.3 Å². The minimum atomic E-state index is -1.06. The maximum Gasteiger partial charge on any atom is 0.344 e. The Hall–Kier alpha value is -3.88. The van der Waals surface area contributed by atoms with Crippen molar-refractivity contribution in [1.29, 1.82) is 0 Å². The third kappa shape index (κ3) is 3.16. The minimum Gasteiger partial charge on any atom is -0.479 e. The lowest BCUT2D eigenvalue weighted by Crippen LogP contribution is -2.25. The second-order valence-corrected chi connectivity index (χ2v) is 6.52. The van der Waals surface area contributed by atoms with Crippen molar-refractivity contribution in [3.63, 3.8) is 0 Å². The molecule has 2 heterocycles. The standard InChI is InChI=1S/C20H17FN4O4/c1-2-14(20(27)28)29-9-6-7-11-13(8-9)24-18(23-11)16-17(22)15-10(21)4-3-5-12(15)25-19(16)26/h3-8,14H,2H2,1H3,(H,23,24)(H,27,28)(H3,22,25,26). The van der Waals surface area contributed by atoms with Crippen LogP contribution in [0, 0.1) is 5.82 Å². The number of nitrogens with zero attached hydrogens (tertiary/aromatic N) is 1. The molecule has 8 nitrogen and oxygen atoms in total. The lowest BCUT2D eigenvalue weighted by Gasteiger charge is -2.12. The van der Waals surface area contributed by atoms with Crippen molar-refractivity contribution in [2.24, 2.45) is 0 Å². The van der Waals surface area contributed by atoms with E-state index in [4.69, 9.17) is 15.6 Å². The number of nitrogens with two attached hydrogens (primary N) is 1. The first-order chi connectivity index (χ1) is 13.9. The highest BCUT2D eigenvalue weighted by Gasteiger charge is 2.19. The molecule has 2 aromatic carbocycles. The molecule has 0 spiro atoms. The molecule has 0 amide bonds. The van der Waals surface area contributed by atoms with Gasteiger partial charge in [0.2, 0.25) is 0 Å². The van der Waals surface area contributed by atoms with Gasteiger partial charge in [0.05, 0.1) is 27.6 Å². The van der Waals surface area contributed by atoms with E-state index in [-0.39, 0.29) is 22.5 Å². The van der Waals surface area contributed by atoms with Crippen molar-refractivity contribution in [3.8, 4) is 17.1 Å². The first kappa shape index (κ1) is 18.5. The highest BCUT2D eigenvalue weighted by molar-refractivity contribution is 5.98. The number of imidazole rings is 1. The van der Waals surface area contributed by atoms with Gasteiger partial charge in [-0.3, -0.25) is 4.79 Å². The third-order valence-electron chi connectivity index (χ3n) is 4.64. The van der Waals surface area contributed by atoms with Gasteiger partial charge in [-0.1, -0.05) is 13.0 Å². The Balaban J connectivity index is 1.82. The summed E-state index contributed by atoms with van der Waals surface area (Å²) in [5.41, 5.74) is 6.94. The SMILES string of the molecule is CCC(Oc1ccc2nc(-c3c(N)c4c(F)cccc4[nH]c3=O)[nH]c2c1)C(=O)O. The topological polar surface area (TPSA) is 134 Å². The van der Waals surface area contributed by atoms with Crippen LogP contribution in [0.5, 0.6) is 5.75 Å². The Bertz CT molecular complexity index is 1310. The van der Waals surface area contributed by atoms with Gasteiger partial charge in [-0.2, -0.15) is 0 Å². The van der Waals surface area contributed by atoms with Gasteiger partial charge in [0.1, 0.15) is 23.0 Å². The molecule has 1 unspecified atom stereocenters. The molecule has 0 aliphatic rings. The lowest BCUT2D eigenvalue weighted by atomic mass is 10.1. The molecular weight excluding hydrogens is 379 g/mol. The van der Waals surface area contributed by atoms with Crippen LogP contribution in [0.2, 0.25) is 0 Å². The molecular formula is C20H17FN4O4. The van der Waals surface area contributed by atoms with Gasteiger partial charge in [-0.25, -0.2) is 14.2 Å². The smallest absolute Gasteiger partial charge is 0.344 e. The van der Waals surface area contributed by atoms with E-state index in [1.165, 1.54) is 12.1 Å². The quantitative estimate of drug-likeness (QED) is 0.410. The van der Waals surface area contributed by atoms with Crippen molar-refractivity contribution >= 4 is 33.6 Å². The van der Waals surface area contributed by atoms with Crippen molar-refractivity contribution in [2.75, 3.05) is 5.73 Å². The normalized spacial score (nSPS) is 12.3. The van der Waals surface area contributed by atoms with Crippen LogP contribution < -0.4 is 16.0 Å². The fraction of sp³-hybridized carbons (Fsp3) is 0.150. The number of H-pyrrole nitrogens is 2. The van der Waals surface area contributed by atoms with Crippen LogP contribution in [0.15, 0.2) is 41.2 Å². The van der Waals surface area contributed by atoms with Crippen molar-refractivity contribution in [3.05, 3.63) is 52.6 Å². The molecule has 0 radical (unpaired) electrons. The molecule has 1 atom stereocenters. The lowest BCUT2D eigenvalue weighted by molar-refractivity contribution is -0.145. The number of aromatic nitrogens is 3. The van der Waals surface area contributed by atoms with Crippen LogP contribution in [-0.2, 0) is 4.79 Å².